The smallest absolute Gasteiger partial charge is 0.289 e. The summed E-state index contributed by atoms with van der Waals surface area (Å²) in [6, 6.07) is 2.28. The van der Waals surface area contributed by atoms with Crippen LogP contribution in [0.15, 0.2) is 52.4 Å². The van der Waals surface area contributed by atoms with E-state index in [2.05, 4.69) is 39.5 Å². The first-order valence-corrected chi connectivity index (χ1v) is 14.1. The Morgan fingerprint density at radius 3 is 2.61 bits per heavy atom. The Morgan fingerprint density at radius 2 is 2.03 bits per heavy atom. The number of aromatic nitrogens is 2. The van der Waals surface area contributed by atoms with Crippen molar-refractivity contribution < 1.29 is 9.57 Å². The van der Waals surface area contributed by atoms with Crippen LogP contribution in [-0.4, -0.2) is 28.0 Å². The highest BCUT2D eigenvalue weighted by Gasteiger charge is 2.37. The van der Waals surface area contributed by atoms with Crippen LogP contribution in [0.25, 0.3) is 0 Å². The number of aryl methyl sites for hydroxylation is 2. The highest BCUT2D eigenvalue weighted by atomic mass is 16.7. The number of nitriles is 1. The van der Waals surface area contributed by atoms with Crippen molar-refractivity contribution in [3.63, 3.8) is 0 Å². The van der Waals surface area contributed by atoms with Gasteiger partial charge in [-0.1, -0.05) is 52.0 Å². The third-order valence-electron chi connectivity index (χ3n) is 8.18. The van der Waals surface area contributed by atoms with Gasteiger partial charge in [-0.2, -0.15) is 5.26 Å². The van der Waals surface area contributed by atoms with E-state index in [0.29, 0.717) is 23.7 Å². The molecule has 1 fully saturated rings. The van der Waals surface area contributed by atoms with E-state index in [0.717, 1.165) is 60.9 Å². The molecule has 1 saturated heterocycles. The zero-order valence-corrected chi connectivity index (χ0v) is 24.3. The monoisotopic (exact) mass is 519 g/mol. The molecule has 2 heterocycles. The molecule has 1 aromatic rings. The lowest BCUT2D eigenvalue weighted by atomic mass is 9.65. The molecule has 0 bridgehead atoms. The number of rotatable bonds is 9. The molecule has 1 aliphatic carbocycles. The summed E-state index contributed by atoms with van der Waals surface area (Å²) in [5, 5.41) is 9.62. The minimum Gasteiger partial charge on any atom is -0.406 e. The fourth-order valence-electron chi connectivity index (χ4n) is 5.71. The van der Waals surface area contributed by atoms with Crippen LogP contribution in [0.5, 0.6) is 0 Å². The molecule has 0 amide bonds. The average Bonchev–Trinajstić information content (AvgIpc) is 2.86. The van der Waals surface area contributed by atoms with Crippen LogP contribution >= 0.6 is 0 Å². The molecule has 38 heavy (non-hydrogen) atoms. The molecule has 0 N–H and O–H groups in total. The summed E-state index contributed by atoms with van der Waals surface area (Å²) < 4.78 is 7.30. The lowest BCUT2D eigenvalue weighted by molar-refractivity contribution is -0.107. The van der Waals surface area contributed by atoms with E-state index in [-0.39, 0.29) is 29.3 Å². The zero-order chi connectivity index (χ0) is 28.0. The fraction of sp³-hybridized carbons (Fsp3) is 0.594. The van der Waals surface area contributed by atoms with E-state index < -0.39 is 0 Å². The van der Waals surface area contributed by atoms with Gasteiger partial charge in [0.2, 0.25) is 0 Å². The Hall–Kier alpha value is -2.91. The van der Waals surface area contributed by atoms with Crippen LogP contribution in [-0.2, 0) is 17.6 Å². The largest absolute Gasteiger partial charge is 0.406 e. The SMILES string of the molecule is C=C(C1=CCC(C)(Cc2c(CCC)nc(C)n(OC3C[C@@H](C)O[C@@H](C)C3)c2=O)C(C)C1)/C(C#N)=C\C=C/C. The first-order valence-electron chi connectivity index (χ1n) is 14.1. The lowest BCUT2D eigenvalue weighted by Crippen LogP contribution is -2.44. The average molecular weight is 520 g/mol. The molecule has 3 rings (SSSR count). The minimum atomic E-state index is -0.123. The summed E-state index contributed by atoms with van der Waals surface area (Å²) in [6.45, 7) is 18.7. The summed E-state index contributed by atoms with van der Waals surface area (Å²) in [7, 11) is 0. The van der Waals surface area contributed by atoms with Crippen LogP contribution in [0.4, 0.5) is 0 Å². The first kappa shape index (κ1) is 29.6. The van der Waals surface area contributed by atoms with E-state index in [9.17, 15) is 10.1 Å². The zero-order valence-electron chi connectivity index (χ0n) is 24.3. The molecule has 0 spiro atoms. The maximum absolute atomic E-state index is 13.9. The lowest BCUT2D eigenvalue weighted by Gasteiger charge is -2.40. The van der Waals surface area contributed by atoms with Gasteiger partial charge in [-0.3, -0.25) is 4.79 Å². The van der Waals surface area contributed by atoms with Gasteiger partial charge in [-0.05, 0) is 81.9 Å². The molecule has 6 nitrogen and oxygen atoms in total. The van der Waals surface area contributed by atoms with E-state index in [1.54, 1.807) is 0 Å². The van der Waals surface area contributed by atoms with Gasteiger partial charge in [-0.25, -0.2) is 4.98 Å². The predicted molar refractivity (Wildman–Crippen MR) is 153 cm³/mol. The summed E-state index contributed by atoms with van der Waals surface area (Å²) in [4.78, 5) is 25.1. The Kier molecular flexibility index (Phi) is 9.95. The van der Waals surface area contributed by atoms with Gasteiger partial charge in [0.15, 0.2) is 0 Å². The highest BCUT2D eigenvalue weighted by molar-refractivity contribution is 5.53. The van der Waals surface area contributed by atoms with Gasteiger partial charge in [0, 0.05) is 18.4 Å². The maximum Gasteiger partial charge on any atom is 0.289 e. The van der Waals surface area contributed by atoms with Gasteiger partial charge >= 0.3 is 0 Å². The third kappa shape index (κ3) is 6.74. The number of ether oxygens (including phenoxy) is 1. The van der Waals surface area contributed by atoms with Gasteiger partial charge < -0.3 is 9.57 Å². The van der Waals surface area contributed by atoms with Gasteiger partial charge in [-0.15, -0.1) is 4.73 Å². The Balaban J connectivity index is 1.92. The van der Waals surface area contributed by atoms with Crippen molar-refractivity contribution in [1.82, 2.24) is 9.71 Å². The van der Waals surface area contributed by atoms with E-state index in [1.165, 1.54) is 4.73 Å². The van der Waals surface area contributed by atoms with Gasteiger partial charge in [0.1, 0.15) is 11.9 Å². The van der Waals surface area contributed by atoms with Crippen LogP contribution in [0.2, 0.25) is 0 Å². The number of nitrogens with zero attached hydrogens (tertiary/aromatic N) is 3. The van der Waals surface area contributed by atoms with Crippen molar-refractivity contribution in [2.24, 2.45) is 11.3 Å². The fourth-order valence-corrected chi connectivity index (χ4v) is 5.71. The molecule has 1 aromatic heterocycles. The summed E-state index contributed by atoms with van der Waals surface area (Å²) in [6.07, 6.45) is 13.4. The summed E-state index contributed by atoms with van der Waals surface area (Å²) >= 11 is 0. The van der Waals surface area contributed by atoms with Gasteiger partial charge in [0.05, 0.1) is 29.5 Å². The Morgan fingerprint density at radius 1 is 1.34 bits per heavy atom. The second-order valence-corrected chi connectivity index (χ2v) is 11.5. The van der Waals surface area contributed by atoms with E-state index in [4.69, 9.17) is 14.6 Å². The van der Waals surface area contributed by atoms with Gasteiger partial charge in [0.25, 0.3) is 5.56 Å². The molecule has 5 atom stereocenters. The van der Waals surface area contributed by atoms with Crippen molar-refractivity contribution in [3.8, 4) is 6.07 Å². The number of hydrogen-bond acceptors (Lipinski definition) is 5. The molecule has 3 unspecified atom stereocenters. The van der Waals surface area contributed by atoms with Crippen molar-refractivity contribution in [1.29, 1.82) is 5.26 Å². The van der Waals surface area contributed by atoms with Crippen LogP contribution in [0, 0.1) is 29.6 Å². The second kappa shape index (κ2) is 12.8. The second-order valence-electron chi connectivity index (χ2n) is 11.5. The first-order chi connectivity index (χ1) is 18.0. The third-order valence-corrected chi connectivity index (χ3v) is 8.18. The van der Waals surface area contributed by atoms with Crippen molar-refractivity contribution in [2.75, 3.05) is 0 Å². The standard InChI is InChI=1S/C32H45N3O3/c1-9-11-13-27(20-33)24(6)26-14-15-32(8,21(3)16-26)19-29-30(12-10-2)34-25(7)35(31(29)36)38-28-17-22(4)37-23(5)18-28/h9,11,13-14,21-23,28H,6,10,12,15-19H2,1-5,7-8H3/b11-9-,27-13-/t21?,22-,23+,28?,32?. The molecule has 0 radical (unpaired) electrons. The van der Waals surface area contributed by atoms with E-state index >= 15 is 0 Å². The quantitative estimate of drug-likeness (QED) is 0.280. The molecular formula is C32H45N3O3. The Labute approximate surface area is 228 Å². The molecule has 6 heteroatoms. The highest BCUT2D eigenvalue weighted by Crippen LogP contribution is 2.44. The van der Waals surface area contributed by atoms with Crippen molar-refractivity contribution in [2.45, 2.75) is 112 Å². The molecule has 1 aliphatic heterocycles. The van der Waals surface area contributed by atoms with Crippen LogP contribution < -0.4 is 10.4 Å². The normalized spacial score (nSPS) is 28.2. The molecule has 0 saturated carbocycles. The van der Waals surface area contributed by atoms with Crippen LogP contribution in [0.1, 0.15) is 90.7 Å². The summed E-state index contributed by atoms with van der Waals surface area (Å²) in [5.41, 5.74) is 3.95. The Bertz CT molecular complexity index is 1210. The van der Waals surface area contributed by atoms with Crippen LogP contribution in [0.3, 0.4) is 0 Å². The van der Waals surface area contributed by atoms with E-state index in [1.807, 2.05) is 45.9 Å². The molecule has 206 valence electrons. The molecular weight excluding hydrogens is 474 g/mol. The minimum absolute atomic E-state index is 0.0811. The maximum atomic E-state index is 13.9. The summed E-state index contributed by atoms with van der Waals surface area (Å²) in [5.74, 6) is 0.897. The molecule has 0 aromatic carbocycles. The van der Waals surface area contributed by atoms with Crippen molar-refractivity contribution in [3.05, 3.63) is 75.0 Å². The number of allylic oxidation sites excluding steroid dienone is 7. The number of hydrogen-bond donors (Lipinski definition) is 0. The van der Waals surface area contributed by atoms with Crippen molar-refractivity contribution >= 4 is 0 Å². The topological polar surface area (TPSA) is 77.1 Å². The molecule has 2 aliphatic rings. The predicted octanol–water partition coefficient (Wildman–Crippen LogP) is 6.38.